The summed E-state index contributed by atoms with van der Waals surface area (Å²) < 4.78 is 7.78. The SMILES string of the molecule is COc1ccc2nc(-c3ccc(Cl)c(-n4c(N)c5c(cc4=O)C(=O)NC5=O)c3)cn2n1. The number of pyridine rings is 1. The second-order valence-corrected chi connectivity index (χ2v) is 7.15. The number of hydrogen-bond acceptors (Lipinski definition) is 7. The Morgan fingerprint density at radius 3 is 2.68 bits per heavy atom. The van der Waals surface area contributed by atoms with Crippen molar-refractivity contribution >= 4 is 34.9 Å². The average molecular weight is 437 g/mol. The molecule has 0 fully saturated rings. The van der Waals surface area contributed by atoms with Crippen LogP contribution in [0.3, 0.4) is 0 Å². The lowest BCUT2D eigenvalue weighted by molar-refractivity contribution is 0.0880. The lowest BCUT2D eigenvalue weighted by Crippen LogP contribution is -2.24. The van der Waals surface area contributed by atoms with Crippen molar-refractivity contribution in [2.45, 2.75) is 0 Å². The van der Waals surface area contributed by atoms with Gasteiger partial charge in [0.15, 0.2) is 5.65 Å². The van der Waals surface area contributed by atoms with E-state index in [9.17, 15) is 14.4 Å². The molecular weight excluding hydrogens is 424 g/mol. The van der Waals surface area contributed by atoms with Gasteiger partial charge in [-0.25, -0.2) is 9.50 Å². The van der Waals surface area contributed by atoms with Crippen LogP contribution in [-0.2, 0) is 0 Å². The van der Waals surface area contributed by atoms with Gasteiger partial charge in [0, 0.05) is 17.7 Å². The minimum Gasteiger partial charge on any atom is -0.480 e. The second kappa shape index (κ2) is 6.67. The number of halogens is 1. The van der Waals surface area contributed by atoms with Gasteiger partial charge >= 0.3 is 0 Å². The van der Waals surface area contributed by atoms with E-state index in [4.69, 9.17) is 22.1 Å². The predicted octanol–water partition coefficient (Wildman–Crippen LogP) is 1.68. The molecule has 0 radical (unpaired) electrons. The zero-order chi connectivity index (χ0) is 21.9. The average Bonchev–Trinajstić information content (AvgIpc) is 3.29. The number of imidazole rings is 1. The molecule has 0 atom stereocenters. The predicted molar refractivity (Wildman–Crippen MR) is 112 cm³/mol. The summed E-state index contributed by atoms with van der Waals surface area (Å²) in [6.45, 7) is 0. The largest absolute Gasteiger partial charge is 0.480 e. The summed E-state index contributed by atoms with van der Waals surface area (Å²) in [6, 6.07) is 9.46. The van der Waals surface area contributed by atoms with Crippen LogP contribution < -0.4 is 21.3 Å². The Balaban J connectivity index is 1.69. The second-order valence-electron chi connectivity index (χ2n) is 6.75. The van der Waals surface area contributed by atoms with Crippen LogP contribution in [0.5, 0.6) is 5.88 Å². The molecule has 10 nitrogen and oxygen atoms in total. The monoisotopic (exact) mass is 436 g/mol. The standard InChI is InChI=1S/C20H13ClN6O4/c1-31-15-5-4-14-23-12(8-26(14)25-15)9-2-3-11(21)13(6-9)27-16(28)7-10-17(18(27)22)20(30)24-19(10)29/h2-8H,22H2,1H3,(H,24,29,30). The van der Waals surface area contributed by atoms with E-state index in [-0.39, 0.29) is 27.7 Å². The molecule has 0 saturated carbocycles. The third-order valence-corrected chi connectivity index (χ3v) is 5.26. The molecule has 3 N–H and O–H groups in total. The highest BCUT2D eigenvalue weighted by molar-refractivity contribution is 6.32. The summed E-state index contributed by atoms with van der Waals surface area (Å²) in [4.78, 5) is 41.3. The molecule has 0 bridgehead atoms. The molecule has 3 aromatic heterocycles. The molecule has 2 amide bonds. The minimum absolute atomic E-state index is 0.0589. The van der Waals surface area contributed by atoms with Gasteiger partial charge in [0.05, 0.1) is 40.8 Å². The molecule has 5 rings (SSSR count). The van der Waals surface area contributed by atoms with E-state index in [0.717, 1.165) is 10.6 Å². The number of imide groups is 1. The molecule has 0 spiro atoms. The van der Waals surface area contributed by atoms with Crippen LogP contribution in [0, 0.1) is 0 Å². The van der Waals surface area contributed by atoms with E-state index in [1.165, 1.54) is 7.11 Å². The van der Waals surface area contributed by atoms with E-state index >= 15 is 0 Å². The number of anilines is 1. The van der Waals surface area contributed by atoms with Gasteiger partial charge in [-0.1, -0.05) is 17.7 Å². The Hall–Kier alpha value is -4.18. The van der Waals surface area contributed by atoms with Crippen molar-refractivity contribution in [3.63, 3.8) is 0 Å². The number of nitrogens with one attached hydrogen (secondary N) is 1. The maximum absolute atomic E-state index is 12.8. The van der Waals surface area contributed by atoms with Crippen LogP contribution in [0.4, 0.5) is 5.82 Å². The maximum atomic E-state index is 12.8. The van der Waals surface area contributed by atoms with Crippen molar-refractivity contribution in [2.24, 2.45) is 0 Å². The van der Waals surface area contributed by atoms with Gasteiger partial charge in [-0.15, -0.1) is 5.10 Å². The third kappa shape index (κ3) is 2.84. The van der Waals surface area contributed by atoms with Gasteiger partial charge in [-0.05, 0) is 18.2 Å². The Labute approximate surface area is 178 Å². The number of rotatable bonds is 3. The van der Waals surface area contributed by atoms with Crippen molar-refractivity contribution < 1.29 is 14.3 Å². The van der Waals surface area contributed by atoms with E-state index in [2.05, 4.69) is 15.4 Å². The summed E-state index contributed by atoms with van der Waals surface area (Å²) in [5.41, 5.74) is 7.45. The molecule has 31 heavy (non-hydrogen) atoms. The van der Waals surface area contributed by atoms with Crippen molar-refractivity contribution in [1.29, 1.82) is 0 Å². The number of nitrogens with two attached hydrogens (primary N) is 1. The zero-order valence-corrected chi connectivity index (χ0v) is 16.7. The topological polar surface area (TPSA) is 134 Å². The summed E-state index contributed by atoms with van der Waals surface area (Å²) in [5, 5.41) is 6.63. The molecule has 11 heteroatoms. The molecular formula is C20H13ClN6O4. The Morgan fingerprint density at radius 1 is 1.10 bits per heavy atom. The lowest BCUT2D eigenvalue weighted by Gasteiger charge is -2.14. The van der Waals surface area contributed by atoms with Gasteiger partial charge in [-0.2, -0.15) is 0 Å². The van der Waals surface area contributed by atoms with Crippen molar-refractivity contribution in [2.75, 3.05) is 12.8 Å². The highest BCUT2D eigenvalue weighted by Gasteiger charge is 2.32. The fraction of sp³-hybridized carbons (Fsp3) is 0.0500. The zero-order valence-electron chi connectivity index (χ0n) is 15.9. The van der Waals surface area contributed by atoms with Crippen molar-refractivity contribution in [1.82, 2.24) is 24.5 Å². The van der Waals surface area contributed by atoms with Crippen LogP contribution in [0.2, 0.25) is 5.02 Å². The van der Waals surface area contributed by atoms with Crippen molar-refractivity contribution in [3.8, 4) is 22.8 Å². The van der Waals surface area contributed by atoms with Gasteiger partial charge in [0.25, 0.3) is 17.4 Å². The normalized spacial score (nSPS) is 12.8. The summed E-state index contributed by atoms with van der Waals surface area (Å²) in [6.07, 6.45) is 1.70. The number of methoxy groups -OCH3 is 1. The minimum atomic E-state index is -0.668. The molecule has 4 aromatic rings. The summed E-state index contributed by atoms with van der Waals surface area (Å²) in [7, 11) is 1.52. The molecule has 1 aliphatic rings. The lowest BCUT2D eigenvalue weighted by atomic mass is 10.1. The number of fused-ring (bicyclic) bond motifs is 2. The Kier molecular flexibility index (Phi) is 4.05. The van der Waals surface area contributed by atoms with Crippen molar-refractivity contribution in [3.05, 3.63) is 69.1 Å². The molecule has 154 valence electrons. The number of hydrogen-bond donors (Lipinski definition) is 2. The van der Waals surface area contributed by atoms with Gasteiger partial charge in [0.1, 0.15) is 5.82 Å². The summed E-state index contributed by atoms with van der Waals surface area (Å²) >= 11 is 6.36. The third-order valence-electron chi connectivity index (χ3n) is 4.94. The van der Waals surface area contributed by atoms with E-state index in [0.29, 0.717) is 22.8 Å². The van der Waals surface area contributed by atoms with Gasteiger partial charge in [-0.3, -0.25) is 24.3 Å². The number of nitrogens with zero attached hydrogens (tertiary/aromatic N) is 4. The number of aromatic nitrogens is 4. The fourth-order valence-corrected chi connectivity index (χ4v) is 3.69. The summed E-state index contributed by atoms with van der Waals surface area (Å²) in [5.74, 6) is -1.08. The number of benzene rings is 1. The van der Waals surface area contributed by atoms with Crippen LogP contribution in [0.25, 0.3) is 22.6 Å². The first kappa shape index (κ1) is 18.8. The number of ether oxygens (including phenoxy) is 1. The van der Waals surface area contributed by atoms with E-state index in [1.807, 2.05) is 0 Å². The van der Waals surface area contributed by atoms with Crippen LogP contribution in [0.15, 0.2) is 47.4 Å². The number of nitrogen functional groups attached to an aromatic ring is 1. The molecule has 1 aromatic carbocycles. The molecule has 4 heterocycles. The first-order valence-electron chi connectivity index (χ1n) is 8.99. The van der Waals surface area contributed by atoms with E-state index in [1.54, 1.807) is 41.0 Å². The van der Waals surface area contributed by atoms with E-state index < -0.39 is 17.4 Å². The Bertz CT molecular complexity index is 1490. The molecule has 0 unspecified atom stereocenters. The highest BCUT2D eigenvalue weighted by atomic mass is 35.5. The fourth-order valence-electron chi connectivity index (χ4n) is 3.48. The van der Waals surface area contributed by atoms with Gasteiger partial charge < -0.3 is 10.5 Å². The first-order valence-corrected chi connectivity index (χ1v) is 9.37. The maximum Gasteiger partial charge on any atom is 0.262 e. The molecule has 1 aliphatic heterocycles. The number of carbonyl (C=O) groups is 2. The van der Waals surface area contributed by atoms with Gasteiger partial charge in [0.2, 0.25) is 5.88 Å². The van der Waals surface area contributed by atoms with Crippen LogP contribution in [0.1, 0.15) is 20.7 Å². The smallest absolute Gasteiger partial charge is 0.262 e. The first-order chi connectivity index (χ1) is 14.9. The Morgan fingerprint density at radius 2 is 1.90 bits per heavy atom. The van der Waals surface area contributed by atoms with Crippen LogP contribution in [-0.4, -0.2) is 38.1 Å². The highest BCUT2D eigenvalue weighted by Crippen LogP contribution is 2.30. The number of amides is 2. The quantitative estimate of drug-likeness (QED) is 0.466. The molecule has 0 saturated heterocycles. The van der Waals surface area contributed by atoms with Crippen LogP contribution >= 0.6 is 11.6 Å². The number of carbonyl (C=O) groups excluding carboxylic acids is 2. The molecule has 0 aliphatic carbocycles.